The lowest BCUT2D eigenvalue weighted by atomic mass is 10.3. The van der Waals surface area contributed by atoms with Crippen molar-refractivity contribution in [3.05, 3.63) is 24.0 Å². The summed E-state index contributed by atoms with van der Waals surface area (Å²) in [6, 6.07) is 3.19. The molecule has 0 saturated heterocycles. The molecule has 1 aromatic rings. The fourth-order valence-corrected chi connectivity index (χ4v) is 1.64. The predicted octanol–water partition coefficient (Wildman–Crippen LogP) is -0.468. The van der Waals surface area contributed by atoms with Crippen molar-refractivity contribution in [3.8, 4) is 0 Å². The number of primary sulfonamides is 1. The van der Waals surface area contributed by atoms with Crippen LogP contribution < -0.4 is 15.8 Å². The highest BCUT2D eigenvalue weighted by molar-refractivity contribution is 7.89. The molecule has 0 aliphatic rings. The van der Waals surface area contributed by atoms with Gasteiger partial charge in [-0.2, -0.15) is 0 Å². The van der Waals surface area contributed by atoms with Crippen molar-refractivity contribution in [2.24, 2.45) is 5.14 Å². The van der Waals surface area contributed by atoms with Crippen molar-refractivity contribution in [1.29, 1.82) is 0 Å². The first-order valence-corrected chi connectivity index (χ1v) is 7.12. The largest absolute Gasteiger partial charge is 0.384 e. The van der Waals surface area contributed by atoms with Crippen molar-refractivity contribution < 1.29 is 13.2 Å². The summed E-state index contributed by atoms with van der Waals surface area (Å²) >= 11 is 0. The van der Waals surface area contributed by atoms with Gasteiger partial charge in [0, 0.05) is 25.0 Å². The lowest BCUT2D eigenvalue weighted by Gasteiger charge is -2.07. The van der Waals surface area contributed by atoms with Gasteiger partial charge in [-0.05, 0) is 19.1 Å². The topological polar surface area (TPSA) is 114 Å². The van der Waals surface area contributed by atoms with Gasteiger partial charge in [-0.15, -0.1) is 0 Å². The number of pyridine rings is 1. The van der Waals surface area contributed by atoms with Gasteiger partial charge in [0.15, 0.2) is 0 Å². The molecule has 0 unspecified atom stereocenters. The molecule has 0 bridgehead atoms. The quantitative estimate of drug-likeness (QED) is 0.648. The lowest BCUT2D eigenvalue weighted by molar-refractivity contribution is 0.0951. The molecule has 1 heterocycles. The van der Waals surface area contributed by atoms with Crippen LogP contribution in [-0.2, 0) is 10.0 Å². The zero-order valence-electron chi connectivity index (χ0n) is 10.0. The Morgan fingerprint density at radius 3 is 2.83 bits per heavy atom. The number of nitrogens with zero attached hydrogens (tertiary/aromatic N) is 1. The van der Waals surface area contributed by atoms with Crippen LogP contribution in [0.15, 0.2) is 18.3 Å². The van der Waals surface area contributed by atoms with Crippen LogP contribution in [0.4, 0.5) is 5.69 Å². The van der Waals surface area contributed by atoms with Crippen molar-refractivity contribution in [1.82, 2.24) is 10.3 Å². The number of hydrogen-bond acceptors (Lipinski definition) is 5. The highest BCUT2D eigenvalue weighted by atomic mass is 32.2. The smallest absolute Gasteiger partial charge is 0.269 e. The van der Waals surface area contributed by atoms with Crippen molar-refractivity contribution in [2.75, 3.05) is 24.2 Å². The minimum Gasteiger partial charge on any atom is -0.384 e. The molecule has 0 fully saturated rings. The van der Waals surface area contributed by atoms with E-state index in [1.54, 1.807) is 12.1 Å². The highest BCUT2D eigenvalue weighted by Gasteiger charge is 2.07. The summed E-state index contributed by atoms with van der Waals surface area (Å²) in [6.45, 7) is 2.51. The van der Waals surface area contributed by atoms with E-state index in [0.29, 0.717) is 12.2 Å². The first kappa shape index (κ1) is 14.4. The van der Waals surface area contributed by atoms with E-state index in [1.807, 2.05) is 6.92 Å². The molecule has 0 atom stereocenters. The molecule has 1 amide bonds. The number of sulfonamides is 1. The van der Waals surface area contributed by atoms with Gasteiger partial charge >= 0.3 is 0 Å². The molecule has 0 aromatic carbocycles. The number of nitrogens with one attached hydrogen (secondary N) is 2. The summed E-state index contributed by atoms with van der Waals surface area (Å²) < 4.78 is 21.5. The number of nitrogens with two attached hydrogens (primary N) is 1. The zero-order valence-corrected chi connectivity index (χ0v) is 10.8. The van der Waals surface area contributed by atoms with E-state index in [1.165, 1.54) is 6.20 Å². The molecule has 0 radical (unpaired) electrons. The monoisotopic (exact) mass is 272 g/mol. The van der Waals surface area contributed by atoms with E-state index in [4.69, 9.17) is 5.14 Å². The summed E-state index contributed by atoms with van der Waals surface area (Å²) in [6.07, 6.45) is 1.48. The van der Waals surface area contributed by atoms with Crippen LogP contribution in [0.5, 0.6) is 0 Å². The number of anilines is 1. The molecule has 18 heavy (non-hydrogen) atoms. The molecule has 1 rings (SSSR count). The van der Waals surface area contributed by atoms with Crippen LogP contribution in [0.2, 0.25) is 0 Å². The summed E-state index contributed by atoms with van der Waals surface area (Å²) in [5.41, 5.74) is 0.896. The van der Waals surface area contributed by atoms with Crippen LogP contribution in [0, 0.1) is 0 Å². The van der Waals surface area contributed by atoms with E-state index in [9.17, 15) is 13.2 Å². The van der Waals surface area contributed by atoms with Gasteiger partial charge in [0.05, 0.1) is 5.75 Å². The summed E-state index contributed by atoms with van der Waals surface area (Å²) in [5.74, 6) is -0.446. The van der Waals surface area contributed by atoms with Gasteiger partial charge in [0.2, 0.25) is 10.0 Å². The number of aromatic nitrogens is 1. The summed E-state index contributed by atoms with van der Waals surface area (Å²) in [5, 5.41) is 10.4. The highest BCUT2D eigenvalue weighted by Crippen LogP contribution is 2.07. The lowest BCUT2D eigenvalue weighted by Crippen LogP contribution is -2.24. The molecule has 0 aliphatic heterocycles. The second kappa shape index (κ2) is 6.31. The molecule has 7 nitrogen and oxygen atoms in total. The van der Waals surface area contributed by atoms with Crippen LogP contribution in [0.3, 0.4) is 0 Å². The average molecular weight is 272 g/mol. The van der Waals surface area contributed by atoms with E-state index >= 15 is 0 Å². The molecule has 1 aromatic heterocycles. The first-order chi connectivity index (χ1) is 8.42. The third-order valence-electron chi connectivity index (χ3n) is 2.05. The van der Waals surface area contributed by atoms with E-state index in [0.717, 1.165) is 0 Å². The number of amides is 1. The standard InChI is InChI=1S/C10H16N4O3S/c1-2-12-10(15)9-7-8(3-4-14-9)13-5-6-18(11,16)17/h3-4,7H,2,5-6H2,1H3,(H,12,15)(H,13,14)(H2,11,16,17). The Morgan fingerprint density at radius 2 is 2.22 bits per heavy atom. The number of rotatable bonds is 6. The number of carbonyl (C=O) groups excluding carboxylic acids is 1. The number of hydrogen-bond donors (Lipinski definition) is 3. The Morgan fingerprint density at radius 1 is 1.50 bits per heavy atom. The Kier molecular flexibility index (Phi) is 5.05. The van der Waals surface area contributed by atoms with Gasteiger partial charge in [-0.25, -0.2) is 13.6 Å². The second-order valence-corrected chi connectivity index (χ2v) is 5.32. The molecular weight excluding hydrogens is 256 g/mol. The van der Waals surface area contributed by atoms with E-state index in [-0.39, 0.29) is 23.9 Å². The predicted molar refractivity (Wildman–Crippen MR) is 68.7 cm³/mol. The maximum atomic E-state index is 11.5. The SMILES string of the molecule is CCNC(=O)c1cc(NCCS(N)(=O)=O)ccn1. The van der Waals surface area contributed by atoms with Crippen LogP contribution in [0.1, 0.15) is 17.4 Å². The van der Waals surface area contributed by atoms with Gasteiger partial charge in [0.1, 0.15) is 5.69 Å². The summed E-state index contributed by atoms with van der Waals surface area (Å²) in [4.78, 5) is 15.4. The van der Waals surface area contributed by atoms with Crippen molar-refractivity contribution >= 4 is 21.6 Å². The van der Waals surface area contributed by atoms with Crippen molar-refractivity contribution in [3.63, 3.8) is 0 Å². The Balaban J connectivity index is 2.62. The third kappa shape index (κ3) is 5.11. The second-order valence-electron chi connectivity index (χ2n) is 3.58. The van der Waals surface area contributed by atoms with Crippen LogP contribution >= 0.6 is 0 Å². The van der Waals surface area contributed by atoms with Gasteiger partial charge in [-0.3, -0.25) is 9.78 Å². The van der Waals surface area contributed by atoms with Gasteiger partial charge in [0.25, 0.3) is 5.91 Å². The maximum absolute atomic E-state index is 11.5. The van der Waals surface area contributed by atoms with Crippen LogP contribution in [0.25, 0.3) is 0 Å². The molecule has 8 heteroatoms. The Labute approximate surface area is 106 Å². The van der Waals surface area contributed by atoms with Gasteiger partial charge < -0.3 is 10.6 Å². The normalized spacial score (nSPS) is 11.0. The Bertz CT molecular complexity index is 516. The van der Waals surface area contributed by atoms with Gasteiger partial charge in [-0.1, -0.05) is 0 Å². The van der Waals surface area contributed by atoms with E-state index < -0.39 is 10.0 Å². The molecule has 0 saturated carbocycles. The van der Waals surface area contributed by atoms with Crippen LogP contribution in [-0.4, -0.2) is 38.2 Å². The molecular formula is C10H16N4O3S. The maximum Gasteiger partial charge on any atom is 0.269 e. The first-order valence-electron chi connectivity index (χ1n) is 5.41. The molecule has 0 aliphatic carbocycles. The van der Waals surface area contributed by atoms with E-state index in [2.05, 4.69) is 15.6 Å². The number of carbonyl (C=O) groups is 1. The fourth-order valence-electron chi connectivity index (χ4n) is 1.25. The fraction of sp³-hybridized carbons (Fsp3) is 0.400. The zero-order chi connectivity index (χ0) is 13.6. The average Bonchev–Trinajstić information content (AvgIpc) is 2.28. The molecule has 0 spiro atoms. The summed E-state index contributed by atoms with van der Waals surface area (Å²) in [7, 11) is -3.49. The molecule has 100 valence electrons. The minimum absolute atomic E-state index is 0.175. The minimum atomic E-state index is -3.49. The molecule has 4 N–H and O–H groups in total. The Hall–Kier alpha value is -1.67. The van der Waals surface area contributed by atoms with Crippen molar-refractivity contribution in [2.45, 2.75) is 6.92 Å². The third-order valence-corrected chi connectivity index (χ3v) is 2.82.